The van der Waals surface area contributed by atoms with Crippen molar-refractivity contribution in [2.24, 2.45) is 5.92 Å². The average Bonchev–Trinajstić information content (AvgIpc) is 3.64. The third-order valence-corrected chi connectivity index (χ3v) is 7.05. The molecule has 1 aromatic carbocycles. The second-order valence-corrected chi connectivity index (χ2v) is 9.15. The molecule has 10 heteroatoms. The Morgan fingerprint density at radius 1 is 1.03 bits per heavy atom. The number of fused-ring (bicyclic) bond motifs is 1. The van der Waals surface area contributed by atoms with Crippen molar-refractivity contribution in [3.8, 4) is 17.4 Å². The van der Waals surface area contributed by atoms with Crippen LogP contribution < -0.4 is 10.1 Å². The first-order chi connectivity index (χ1) is 16.3. The van der Waals surface area contributed by atoms with Gasteiger partial charge in [0.15, 0.2) is 0 Å². The van der Waals surface area contributed by atoms with E-state index >= 15 is 0 Å². The lowest BCUT2D eigenvalue weighted by Gasteiger charge is -2.25. The number of tetrazole rings is 1. The summed E-state index contributed by atoms with van der Waals surface area (Å²) < 4.78 is 22.0. The zero-order valence-corrected chi connectivity index (χ0v) is 18.5. The molecule has 0 radical (unpaired) electrons. The van der Waals surface area contributed by atoms with Gasteiger partial charge in [0.2, 0.25) is 0 Å². The number of hydrogen-bond donors (Lipinski definition) is 1. The average molecular weight is 452 g/mol. The molecule has 33 heavy (non-hydrogen) atoms. The number of rotatable bonds is 7. The molecule has 10 nitrogen and oxygen atoms in total. The van der Waals surface area contributed by atoms with Gasteiger partial charge < -0.3 is 24.1 Å². The predicted octanol–water partition coefficient (Wildman–Crippen LogP) is 2.53. The van der Waals surface area contributed by atoms with Gasteiger partial charge in [0, 0.05) is 18.1 Å². The summed E-state index contributed by atoms with van der Waals surface area (Å²) >= 11 is 0. The van der Waals surface area contributed by atoms with Crippen molar-refractivity contribution < 1.29 is 14.2 Å². The Labute approximate surface area is 192 Å². The number of hydrogen-bond acceptors (Lipinski definition) is 8. The number of nitrogens with zero attached hydrogens (tertiary/aromatic N) is 6. The SMILES string of the molecule is c1cn(-c2ccc(Oc3nnnn3C3COC4C(NCC5CCCCC5)COC43)cc2)cn1. The van der Waals surface area contributed by atoms with Crippen LogP contribution in [0.15, 0.2) is 43.0 Å². The fourth-order valence-corrected chi connectivity index (χ4v) is 5.24. The summed E-state index contributed by atoms with van der Waals surface area (Å²) in [6.45, 7) is 2.18. The van der Waals surface area contributed by atoms with E-state index in [0.717, 1.165) is 18.2 Å². The number of aromatic nitrogens is 6. The number of benzene rings is 1. The van der Waals surface area contributed by atoms with E-state index in [0.29, 0.717) is 25.0 Å². The van der Waals surface area contributed by atoms with Crippen LogP contribution in [-0.4, -0.2) is 67.8 Å². The van der Waals surface area contributed by atoms with Crippen LogP contribution in [0, 0.1) is 5.92 Å². The van der Waals surface area contributed by atoms with Gasteiger partial charge in [0.05, 0.1) is 25.6 Å². The molecule has 1 saturated carbocycles. The van der Waals surface area contributed by atoms with Crippen molar-refractivity contribution in [1.82, 2.24) is 35.1 Å². The van der Waals surface area contributed by atoms with E-state index in [1.54, 1.807) is 17.2 Å². The molecule has 3 aliphatic rings. The van der Waals surface area contributed by atoms with Crippen LogP contribution in [-0.2, 0) is 9.47 Å². The van der Waals surface area contributed by atoms with Crippen LogP contribution in [0.3, 0.4) is 0 Å². The fraction of sp³-hybridized carbons (Fsp3) is 0.565. The second kappa shape index (κ2) is 9.20. The van der Waals surface area contributed by atoms with Gasteiger partial charge in [-0.15, -0.1) is 0 Å². The van der Waals surface area contributed by atoms with Crippen molar-refractivity contribution >= 4 is 0 Å². The minimum Gasteiger partial charge on any atom is -0.423 e. The lowest BCUT2D eigenvalue weighted by molar-refractivity contribution is 0.0610. The molecule has 0 spiro atoms. The number of ether oxygens (including phenoxy) is 3. The minimum absolute atomic E-state index is 0.00473. The molecule has 1 N–H and O–H groups in total. The van der Waals surface area contributed by atoms with Gasteiger partial charge in [-0.1, -0.05) is 24.4 Å². The van der Waals surface area contributed by atoms with Gasteiger partial charge in [-0.25, -0.2) is 4.98 Å². The normalized spacial score (nSPS) is 27.6. The molecule has 1 aliphatic carbocycles. The molecule has 6 rings (SSSR count). The first-order valence-electron chi connectivity index (χ1n) is 11.9. The highest BCUT2D eigenvalue weighted by molar-refractivity contribution is 5.38. The molecule has 2 saturated heterocycles. The van der Waals surface area contributed by atoms with E-state index in [1.807, 2.05) is 35.0 Å². The molecule has 4 atom stereocenters. The van der Waals surface area contributed by atoms with Gasteiger partial charge in [0.1, 0.15) is 24.0 Å². The van der Waals surface area contributed by atoms with E-state index in [9.17, 15) is 0 Å². The molecule has 3 fully saturated rings. The van der Waals surface area contributed by atoms with Crippen LogP contribution in [0.5, 0.6) is 11.8 Å². The molecule has 174 valence electrons. The summed E-state index contributed by atoms with van der Waals surface area (Å²) in [6.07, 6.45) is 12.0. The Hall–Kier alpha value is -2.82. The first kappa shape index (κ1) is 20.8. The minimum atomic E-state index is -0.119. The van der Waals surface area contributed by atoms with Crippen LogP contribution in [0.1, 0.15) is 38.1 Å². The van der Waals surface area contributed by atoms with Crippen molar-refractivity contribution in [3.05, 3.63) is 43.0 Å². The molecular weight excluding hydrogens is 422 g/mol. The maximum atomic E-state index is 6.16. The lowest BCUT2D eigenvalue weighted by Crippen LogP contribution is -2.43. The monoisotopic (exact) mass is 451 g/mol. The highest BCUT2D eigenvalue weighted by Gasteiger charge is 2.49. The van der Waals surface area contributed by atoms with E-state index < -0.39 is 0 Å². The maximum absolute atomic E-state index is 6.16. The van der Waals surface area contributed by atoms with Crippen LogP contribution in [0.2, 0.25) is 0 Å². The molecular formula is C23H29N7O3. The summed E-state index contributed by atoms with van der Waals surface area (Å²) in [5.74, 6) is 1.43. The van der Waals surface area contributed by atoms with E-state index in [2.05, 4.69) is 25.8 Å². The van der Waals surface area contributed by atoms with E-state index in [1.165, 1.54) is 32.1 Å². The van der Waals surface area contributed by atoms with Gasteiger partial charge >= 0.3 is 6.01 Å². The molecule has 2 aliphatic heterocycles. The van der Waals surface area contributed by atoms with Gasteiger partial charge in [-0.05, 0) is 60.0 Å². The van der Waals surface area contributed by atoms with Crippen LogP contribution in [0.4, 0.5) is 0 Å². The Kier molecular flexibility index (Phi) is 5.79. The fourth-order valence-electron chi connectivity index (χ4n) is 5.24. The molecule has 3 aromatic rings. The predicted molar refractivity (Wildman–Crippen MR) is 118 cm³/mol. The zero-order chi connectivity index (χ0) is 22.0. The first-order valence-corrected chi connectivity index (χ1v) is 11.9. The van der Waals surface area contributed by atoms with Gasteiger partial charge in [0.25, 0.3) is 0 Å². The Balaban J connectivity index is 1.10. The zero-order valence-electron chi connectivity index (χ0n) is 18.5. The smallest absolute Gasteiger partial charge is 0.341 e. The molecule has 0 bridgehead atoms. The third kappa shape index (κ3) is 4.25. The Bertz CT molecular complexity index is 1030. The van der Waals surface area contributed by atoms with Crippen molar-refractivity contribution in [2.45, 2.75) is 56.4 Å². The van der Waals surface area contributed by atoms with Crippen LogP contribution >= 0.6 is 0 Å². The van der Waals surface area contributed by atoms with Crippen LogP contribution in [0.25, 0.3) is 5.69 Å². The topological polar surface area (TPSA) is 101 Å². The van der Waals surface area contributed by atoms with E-state index in [4.69, 9.17) is 14.2 Å². The summed E-state index contributed by atoms with van der Waals surface area (Å²) in [7, 11) is 0. The highest BCUT2D eigenvalue weighted by atomic mass is 16.6. The number of nitrogens with one attached hydrogen (secondary N) is 1. The van der Waals surface area contributed by atoms with Crippen molar-refractivity contribution in [2.75, 3.05) is 19.8 Å². The van der Waals surface area contributed by atoms with Gasteiger partial charge in [-0.3, -0.25) is 0 Å². The molecule has 0 amide bonds. The Morgan fingerprint density at radius 3 is 2.70 bits per heavy atom. The largest absolute Gasteiger partial charge is 0.423 e. The quantitative estimate of drug-likeness (QED) is 0.585. The number of imidazole rings is 1. The van der Waals surface area contributed by atoms with Crippen molar-refractivity contribution in [1.29, 1.82) is 0 Å². The van der Waals surface area contributed by atoms with Crippen molar-refractivity contribution in [3.63, 3.8) is 0 Å². The highest BCUT2D eigenvalue weighted by Crippen LogP contribution is 2.36. The standard InChI is InChI=1S/C23H29N7O3/c1-2-4-16(5-3-1)12-25-19-13-31-22-20(14-32-21(19)22)30-23(26-27-28-30)33-18-8-6-17(7-9-18)29-11-10-24-15-29/h6-11,15-16,19-22,25H,1-5,12-14H2. The lowest BCUT2D eigenvalue weighted by atomic mass is 9.89. The summed E-state index contributed by atoms with van der Waals surface area (Å²) in [4.78, 5) is 4.08. The summed E-state index contributed by atoms with van der Waals surface area (Å²) in [5.41, 5.74) is 0.998. The summed E-state index contributed by atoms with van der Waals surface area (Å²) in [6, 6.07) is 8.12. The molecule has 4 unspecified atom stereocenters. The van der Waals surface area contributed by atoms with Gasteiger partial charge in [-0.2, -0.15) is 4.68 Å². The third-order valence-electron chi connectivity index (χ3n) is 7.05. The second-order valence-electron chi connectivity index (χ2n) is 9.15. The van der Waals surface area contributed by atoms with E-state index in [-0.39, 0.29) is 24.3 Å². The maximum Gasteiger partial charge on any atom is 0.341 e. The Morgan fingerprint density at radius 2 is 1.88 bits per heavy atom. The summed E-state index contributed by atoms with van der Waals surface area (Å²) in [5, 5.41) is 15.9. The molecule has 4 heterocycles. The molecule has 2 aromatic heterocycles.